The number of H-pyrrole nitrogens is 1. The molecule has 0 saturated carbocycles. The summed E-state index contributed by atoms with van der Waals surface area (Å²) in [6.45, 7) is 8.26. The van der Waals surface area contributed by atoms with Gasteiger partial charge in [0, 0.05) is 31.4 Å². The highest BCUT2D eigenvalue weighted by molar-refractivity contribution is 6.02. The van der Waals surface area contributed by atoms with Gasteiger partial charge in [-0.2, -0.15) is 0 Å². The lowest BCUT2D eigenvalue weighted by Gasteiger charge is -2.48. The minimum absolute atomic E-state index is 0.112. The van der Waals surface area contributed by atoms with Crippen LogP contribution in [0.3, 0.4) is 0 Å². The van der Waals surface area contributed by atoms with E-state index in [1.54, 1.807) is 21.9 Å². The Morgan fingerprint density at radius 1 is 1.18 bits per heavy atom. The summed E-state index contributed by atoms with van der Waals surface area (Å²) in [6.07, 6.45) is 2.77. The molecule has 1 fully saturated rings. The molecule has 3 aromatic rings. The van der Waals surface area contributed by atoms with Crippen molar-refractivity contribution in [2.24, 2.45) is 0 Å². The number of benzene rings is 1. The average molecular weight is 522 g/mol. The highest BCUT2D eigenvalue weighted by atomic mass is 19.1. The Bertz CT molecular complexity index is 1400. The number of hydrogen-bond donors (Lipinski definition) is 3. The molecular weight excluding hydrogens is 493 g/mol. The third kappa shape index (κ3) is 5.89. The lowest BCUT2D eigenvalue weighted by atomic mass is 9.97. The molecule has 198 valence electrons. The van der Waals surface area contributed by atoms with Crippen LogP contribution < -0.4 is 15.6 Å². The van der Waals surface area contributed by atoms with E-state index in [2.05, 4.69) is 21.9 Å². The molecule has 1 aliphatic rings. The van der Waals surface area contributed by atoms with Gasteiger partial charge in [-0.05, 0) is 56.3 Å². The number of nitrogens with zero attached hydrogens (tertiary/aromatic N) is 3. The number of aromatic amines is 1. The molecule has 1 aromatic carbocycles. The number of rotatable bonds is 7. The monoisotopic (exact) mass is 521 g/mol. The molecule has 38 heavy (non-hydrogen) atoms. The predicted molar refractivity (Wildman–Crippen MR) is 138 cm³/mol. The molecule has 1 saturated heterocycles. The first-order valence-corrected chi connectivity index (χ1v) is 11.9. The van der Waals surface area contributed by atoms with E-state index < -0.39 is 23.6 Å². The molecule has 0 spiro atoms. The lowest BCUT2D eigenvalue weighted by Crippen LogP contribution is -2.61. The first-order valence-electron chi connectivity index (χ1n) is 11.9. The average Bonchev–Trinajstić information content (AvgIpc) is 2.90. The fraction of sp³-hybridized carbons (Fsp3) is 0.259. The molecule has 0 bridgehead atoms. The maximum absolute atomic E-state index is 13.2. The van der Waals surface area contributed by atoms with Crippen LogP contribution in [-0.2, 0) is 11.4 Å². The smallest absolute Gasteiger partial charge is 0.272 e. The maximum atomic E-state index is 13.2. The Morgan fingerprint density at radius 3 is 2.53 bits per heavy atom. The molecule has 3 N–H and O–H groups in total. The molecule has 2 aromatic heterocycles. The van der Waals surface area contributed by atoms with Crippen LogP contribution in [0.1, 0.15) is 29.8 Å². The summed E-state index contributed by atoms with van der Waals surface area (Å²) in [7, 11) is 0. The van der Waals surface area contributed by atoms with Crippen LogP contribution in [0, 0.1) is 5.82 Å². The first-order chi connectivity index (χ1) is 18.1. The Balaban J connectivity index is 1.36. The zero-order chi connectivity index (χ0) is 27.4. The quantitative estimate of drug-likeness (QED) is 0.408. The highest BCUT2D eigenvalue weighted by Crippen LogP contribution is 2.26. The summed E-state index contributed by atoms with van der Waals surface area (Å²) in [5.41, 5.74) is -0.498. The van der Waals surface area contributed by atoms with Gasteiger partial charge in [-0.15, -0.1) is 0 Å². The Labute approximate surface area is 218 Å². The van der Waals surface area contributed by atoms with Crippen LogP contribution in [0.2, 0.25) is 0 Å². The number of hydrogen-bond acceptors (Lipinski definition) is 7. The number of carbonyl (C=O) groups excluding carboxylic acids is 2. The van der Waals surface area contributed by atoms with Gasteiger partial charge >= 0.3 is 0 Å². The number of pyridine rings is 2. The van der Waals surface area contributed by atoms with Crippen molar-refractivity contribution in [1.29, 1.82) is 0 Å². The van der Waals surface area contributed by atoms with Crippen LogP contribution in [0.15, 0.2) is 71.9 Å². The van der Waals surface area contributed by atoms with Crippen molar-refractivity contribution in [2.45, 2.75) is 26.0 Å². The molecule has 4 rings (SSSR count). The molecule has 2 amide bonds. The molecule has 0 unspecified atom stereocenters. The lowest BCUT2D eigenvalue weighted by molar-refractivity contribution is -0.114. The van der Waals surface area contributed by atoms with Crippen molar-refractivity contribution in [3.63, 3.8) is 0 Å². The number of piperazine rings is 1. The van der Waals surface area contributed by atoms with Gasteiger partial charge in [0.2, 0.25) is 0 Å². The van der Waals surface area contributed by atoms with Crippen molar-refractivity contribution in [3.05, 3.63) is 94.4 Å². The largest absolute Gasteiger partial charge is 0.456 e. The molecule has 10 nitrogen and oxygen atoms in total. The first kappa shape index (κ1) is 26.6. The van der Waals surface area contributed by atoms with E-state index in [4.69, 9.17) is 4.74 Å². The number of anilines is 1. The highest BCUT2D eigenvalue weighted by Gasteiger charge is 2.38. The number of aliphatic hydroxyl groups is 1. The van der Waals surface area contributed by atoms with Crippen LogP contribution in [0.5, 0.6) is 11.5 Å². The fourth-order valence-electron chi connectivity index (χ4n) is 4.17. The third-order valence-corrected chi connectivity index (χ3v) is 6.22. The van der Waals surface area contributed by atoms with Crippen molar-refractivity contribution < 1.29 is 23.8 Å². The standard InChI is InChI=1S/C27H28FN5O5/c1-17(24(35)31-23-9-8-22(14-29-23)38-21-6-4-20(28)5-7-21)32-10-11-33(27(2,3)16-32)26(37)18-12-19(15-34)25(36)30-13-18/h4-9,12-14,34H,1,10-11,15-16H2,2-3H3,(H,30,36)(H,29,31,35). The second-order valence-electron chi connectivity index (χ2n) is 9.43. The Morgan fingerprint density at radius 2 is 1.89 bits per heavy atom. The molecule has 0 atom stereocenters. The van der Waals surface area contributed by atoms with E-state index in [0.717, 1.165) is 0 Å². The molecular formula is C27H28FN5O5. The summed E-state index contributed by atoms with van der Waals surface area (Å²) in [5, 5.41) is 12.1. The number of halogens is 1. The second-order valence-corrected chi connectivity index (χ2v) is 9.43. The van der Waals surface area contributed by atoms with Crippen LogP contribution in [-0.4, -0.2) is 61.9 Å². The van der Waals surface area contributed by atoms with Crippen LogP contribution in [0.25, 0.3) is 0 Å². The van der Waals surface area contributed by atoms with Gasteiger partial charge in [0.1, 0.15) is 23.1 Å². The SMILES string of the molecule is C=C(C(=O)Nc1ccc(Oc2ccc(F)cc2)cn1)N1CCN(C(=O)c2c[nH]c(=O)c(CO)c2)C(C)(C)C1. The van der Waals surface area contributed by atoms with Crippen molar-refractivity contribution in [3.8, 4) is 11.5 Å². The van der Waals surface area contributed by atoms with E-state index in [1.807, 2.05) is 13.8 Å². The fourth-order valence-corrected chi connectivity index (χ4v) is 4.17. The van der Waals surface area contributed by atoms with Gasteiger partial charge in [0.25, 0.3) is 17.4 Å². The van der Waals surface area contributed by atoms with Crippen LogP contribution in [0.4, 0.5) is 10.2 Å². The van der Waals surface area contributed by atoms with Gasteiger partial charge in [0.05, 0.1) is 29.6 Å². The molecule has 3 heterocycles. The van der Waals surface area contributed by atoms with E-state index >= 15 is 0 Å². The third-order valence-electron chi connectivity index (χ3n) is 6.22. The molecule has 0 radical (unpaired) electrons. The summed E-state index contributed by atoms with van der Waals surface area (Å²) in [6, 6.07) is 10.2. The van der Waals surface area contributed by atoms with Gasteiger partial charge in [-0.1, -0.05) is 6.58 Å². The minimum atomic E-state index is -0.661. The summed E-state index contributed by atoms with van der Waals surface area (Å²) in [5.74, 6) is 0.0814. The number of amides is 2. The second kappa shape index (κ2) is 10.9. The summed E-state index contributed by atoms with van der Waals surface area (Å²) in [4.78, 5) is 47.9. The number of nitrogens with one attached hydrogen (secondary N) is 2. The Hall–Kier alpha value is -4.51. The molecule has 0 aliphatic carbocycles. The number of carbonyl (C=O) groups is 2. The van der Waals surface area contributed by atoms with E-state index in [0.29, 0.717) is 37.0 Å². The predicted octanol–water partition coefficient (Wildman–Crippen LogP) is 2.88. The summed E-state index contributed by atoms with van der Waals surface area (Å²) >= 11 is 0. The van der Waals surface area contributed by atoms with E-state index in [9.17, 15) is 23.9 Å². The molecule has 11 heteroatoms. The van der Waals surface area contributed by atoms with Gasteiger partial charge in [-0.25, -0.2) is 9.37 Å². The summed E-state index contributed by atoms with van der Waals surface area (Å²) < 4.78 is 18.7. The number of ether oxygens (including phenoxy) is 1. The Kier molecular flexibility index (Phi) is 7.58. The van der Waals surface area contributed by atoms with Crippen molar-refractivity contribution >= 4 is 17.6 Å². The van der Waals surface area contributed by atoms with E-state index in [-0.39, 0.29) is 28.5 Å². The topological polar surface area (TPSA) is 128 Å². The maximum Gasteiger partial charge on any atom is 0.272 e. The van der Waals surface area contributed by atoms with Gasteiger partial charge in [-0.3, -0.25) is 14.4 Å². The van der Waals surface area contributed by atoms with E-state index in [1.165, 1.54) is 42.7 Å². The molecule has 1 aliphatic heterocycles. The van der Waals surface area contributed by atoms with Crippen molar-refractivity contribution in [2.75, 3.05) is 25.0 Å². The minimum Gasteiger partial charge on any atom is -0.456 e. The zero-order valence-corrected chi connectivity index (χ0v) is 21.0. The number of aliphatic hydroxyl groups excluding tert-OH is 1. The number of aromatic nitrogens is 2. The zero-order valence-electron chi connectivity index (χ0n) is 21.0. The van der Waals surface area contributed by atoms with Crippen LogP contribution >= 0.6 is 0 Å². The normalized spacial score (nSPS) is 14.6. The van der Waals surface area contributed by atoms with Gasteiger partial charge < -0.3 is 29.9 Å². The van der Waals surface area contributed by atoms with Crippen molar-refractivity contribution in [1.82, 2.24) is 19.8 Å². The van der Waals surface area contributed by atoms with Gasteiger partial charge in [0.15, 0.2) is 0 Å².